The zero-order chi connectivity index (χ0) is 15.8. The largest absolute Gasteiger partial charge is 0.370 e. The van der Waals surface area contributed by atoms with Crippen molar-refractivity contribution in [2.75, 3.05) is 25.0 Å². The van der Waals surface area contributed by atoms with E-state index in [1.807, 2.05) is 12.1 Å². The van der Waals surface area contributed by atoms with Crippen molar-refractivity contribution in [2.24, 2.45) is 10.7 Å². The smallest absolute Gasteiger partial charge is 0.193 e. The van der Waals surface area contributed by atoms with Crippen LogP contribution in [-0.4, -0.2) is 36.5 Å². The maximum Gasteiger partial charge on any atom is 0.193 e. The highest BCUT2D eigenvalue weighted by molar-refractivity contribution is 14.0. The van der Waals surface area contributed by atoms with Crippen LogP contribution in [0.4, 0.5) is 5.69 Å². The van der Waals surface area contributed by atoms with E-state index < -0.39 is 0 Å². The van der Waals surface area contributed by atoms with Gasteiger partial charge in [0.05, 0.1) is 0 Å². The van der Waals surface area contributed by atoms with Gasteiger partial charge in [-0.1, -0.05) is 25.5 Å². The summed E-state index contributed by atoms with van der Waals surface area (Å²) in [7, 11) is 0. The van der Waals surface area contributed by atoms with Crippen molar-refractivity contribution in [1.29, 1.82) is 0 Å². The van der Waals surface area contributed by atoms with Crippen LogP contribution >= 0.6 is 24.0 Å². The summed E-state index contributed by atoms with van der Waals surface area (Å²) in [6.07, 6.45) is 6.16. The first-order valence-electron chi connectivity index (χ1n) is 8.59. The zero-order valence-electron chi connectivity index (χ0n) is 14.4. The monoisotopic (exact) mass is 430 g/mol. The number of halogens is 1. The molecule has 2 rings (SSSR count). The lowest BCUT2D eigenvalue weighted by molar-refractivity contribution is 0.168. The third-order valence-electron chi connectivity index (χ3n) is 4.45. The maximum atomic E-state index is 5.99. The fraction of sp³-hybridized carbons (Fsp3) is 0.611. The van der Waals surface area contributed by atoms with E-state index >= 15 is 0 Å². The molecule has 1 aliphatic heterocycles. The highest BCUT2D eigenvalue weighted by Crippen LogP contribution is 2.14. The van der Waals surface area contributed by atoms with Gasteiger partial charge in [-0.2, -0.15) is 0 Å². The molecule has 0 amide bonds. The van der Waals surface area contributed by atoms with E-state index in [0.717, 1.165) is 25.1 Å². The van der Waals surface area contributed by atoms with Crippen LogP contribution in [0.15, 0.2) is 29.3 Å². The first kappa shape index (κ1) is 20.2. The fourth-order valence-corrected chi connectivity index (χ4v) is 2.97. The molecule has 1 heterocycles. The summed E-state index contributed by atoms with van der Waals surface area (Å²) in [6.45, 7) is 7.71. The van der Waals surface area contributed by atoms with Gasteiger partial charge in [-0.25, -0.2) is 0 Å². The van der Waals surface area contributed by atoms with E-state index in [0.29, 0.717) is 12.0 Å². The Kier molecular flexibility index (Phi) is 9.55. The summed E-state index contributed by atoms with van der Waals surface area (Å²) < 4.78 is 0. The Bertz CT molecular complexity index is 484. The van der Waals surface area contributed by atoms with Crippen molar-refractivity contribution in [2.45, 2.75) is 52.0 Å². The molecule has 1 aromatic carbocycles. The first-order chi connectivity index (χ1) is 10.7. The van der Waals surface area contributed by atoms with Crippen LogP contribution in [0.2, 0.25) is 0 Å². The second-order valence-electron chi connectivity index (χ2n) is 6.18. The minimum Gasteiger partial charge on any atom is -0.370 e. The molecule has 1 atom stereocenters. The topological polar surface area (TPSA) is 53.6 Å². The Morgan fingerprint density at radius 1 is 1.30 bits per heavy atom. The minimum absolute atomic E-state index is 0. The highest BCUT2D eigenvalue weighted by Gasteiger charge is 2.15. The molecule has 3 N–H and O–H groups in total. The number of nitrogens with zero attached hydrogens (tertiary/aromatic N) is 2. The summed E-state index contributed by atoms with van der Waals surface area (Å²) in [5, 5.41) is 3.18. The van der Waals surface area contributed by atoms with Crippen LogP contribution in [0.3, 0.4) is 0 Å². The third-order valence-corrected chi connectivity index (χ3v) is 4.45. The maximum absolute atomic E-state index is 5.99. The Morgan fingerprint density at radius 2 is 2.04 bits per heavy atom. The molecular weight excluding hydrogens is 399 g/mol. The molecule has 23 heavy (non-hydrogen) atoms. The molecule has 1 aliphatic rings. The molecule has 1 saturated heterocycles. The molecule has 5 heteroatoms. The Labute approximate surface area is 157 Å². The van der Waals surface area contributed by atoms with Gasteiger partial charge in [0.2, 0.25) is 0 Å². The lowest BCUT2D eigenvalue weighted by atomic mass is 10.1. The standard InChI is InChI=1S/C18H30N4.HI/c1-3-16-8-7-9-17(14-16)21-18(19)20-11-10-15(2)22-12-5-4-6-13-22;/h7-9,14-15H,3-6,10-13H2,1-2H3,(H3,19,20,21);1H. The molecule has 1 unspecified atom stereocenters. The summed E-state index contributed by atoms with van der Waals surface area (Å²) in [5.74, 6) is 0.513. The highest BCUT2D eigenvalue weighted by atomic mass is 127. The van der Waals surface area contributed by atoms with Crippen molar-refractivity contribution < 1.29 is 0 Å². The molecule has 130 valence electrons. The average Bonchev–Trinajstić information content (AvgIpc) is 2.55. The van der Waals surface area contributed by atoms with E-state index in [9.17, 15) is 0 Å². The van der Waals surface area contributed by atoms with Gasteiger partial charge in [-0.15, -0.1) is 24.0 Å². The van der Waals surface area contributed by atoms with Gasteiger partial charge in [-0.3, -0.25) is 4.99 Å². The van der Waals surface area contributed by atoms with Crippen LogP contribution in [-0.2, 0) is 6.42 Å². The first-order valence-corrected chi connectivity index (χ1v) is 8.59. The number of nitrogens with one attached hydrogen (secondary N) is 1. The molecule has 1 aromatic rings. The number of rotatable bonds is 6. The average molecular weight is 430 g/mol. The Balaban J connectivity index is 0.00000264. The molecule has 4 nitrogen and oxygen atoms in total. The molecule has 0 aromatic heterocycles. The molecule has 0 radical (unpaired) electrons. The van der Waals surface area contributed by atoms with Crippen molar-refractivity contribution in [3.8, 4) is 0 Å². The number of hydrogen-bond donors (Lipinski definition) is 2. The summed E-state index contributed by atoms with van der Waals surface area (Å²) in [6, 6.07) is 8.92. The van der Waals surface area contributed by atoms with E-state index in [-0.39, 0.29) is 24.0 Å². The number of nitrogens with two attached hydrogens (primary N) is 1. The molecular formula is C18H31IN4. The van der Waals surface area contributed by atoms with Crippen molar-refractivity contribution in [3.63, 3.8) is 0 Å². The van der Waals surface area contributed by atoms with E-state index in [4.69, 9.17) is 5.73 Å². The van der Waals surface area contributed by atoms with Gasteiger partial charge in [0, 0.05) is 18.3 Å². The normalized spacial score (nSPS) is 17.4. The number of anilines is 1. The summed E-state index contributed by atoms with van der Waals surface area (Å²) in [5.41, 5.74) is 8.31. The molecule has 0 bridgehead atoms. The van der Waals surface area contributed by atoms with Gasteiger partial charge in [0.1, 0.15) is 0 Å². The van der Waals surface area contributed by atoms with Gasteiger partial charge >= 0.3 is 0 Å². The number of piperidine rings is 1. The van der Waals surface area contributed by atoms with Crippen molar-refractivity contribution in [1.82, 2.24) is 4.90 Å². The van der Waals surface area contributed by atoms with Gasteiger partial charge in [0.15, 0.2) is 5.96 Å². The van der Waals surface area contributed by atoms with Crippen LogP contribution in [0.25, 0.3) is 0 Å². The van der Waals surface area contributed by atoms with Crippen LogP contribution in [0, 0.1) is 0 Å². The predicted octanol–water partition coefficient (Wildman–Crippen LogP) is 3.86. The Morgan fingerprint density at radius 3 is 2.74 bits per heavy atom. The van der Waals surface area contributed by atoms with Crippen molar-refractivity contribution in [3.05, 3.63) is 29.8 Å². The molecule has 0 spiro atoms. The predicted molar refractivity (Wildman–Crippen MR) is 111 cm³/mol. The molecule has 0 saturated carbocycles. The Hall–Kier alpha value is -0.820. The summed E-state index contributed by atoms with van der Waals surface area (Å²) >= 11 is 0. The van der Waals surface area contributed by atoms with Gasteiger partial charge < -0.3 is 16.0 Å². The zero-order valence-corrected chi connectivity index (χ0v) is 16.8. The lowest BCUT2D eigenvalue weighted by Gasteiger charge is -2.32. The molecule has 1 fully saturated rings. The van der Waals surface area contributed by atoms with Crippen molar-refractivity contribution >= 4 is 35.6 Å². The minimum atomic E-state index is 0. The fourth-order valence-electron chi connectivity index (χ4n) is 2.97. The second kappa shape index (κ2) is 10.9. The van der Waals surface area contributed by atoms with Gasteiger partial charge in [-0.05, 0) is 63.4 Å². The number of aryl methyl sites for hydroxylation is 1. The second-order valence-corrected chi connectivity index (χ2v) is 6.18. The molecule has 0 aliphatic carbocycles. The number of benzene rings is 1. The number of aliphatic imine (C=N–C) groups is 1. The van der Waals surface area contributed by atoms with Crippen LogP contribution < -0.4 is 11.1 Å². The van der Waals surface area contributed by atoms with Crippen LogP contribution in [0.1, 0.15) is 45.1 Å². The van der Waals surface area contributed by atoms with E-state index in [1.165, 1.54) is 37.9 Å². The van der Waals surface area contributed by atoms with Crippen LogP contribution in [0.5, 0.6) is 0 Å². The SMILES string of the molecule is CCc1cccc(NC(N)=NCCC(C)N2CCCCC2)c1.I. The number of guanidine groups is 1. The third kappa shape index (κ3) is 7.08. The van der Waals surface area contributed by atoms with E-state index in [1.54, 1.807) is 0 Å². The lowest BCUT2D eigenvalue weighted by Crippen LogP contribution is -2.37. The number of hydrogen-bond acceptors (Lipinski definition) is 2. The summed E-state index contributed by atoms with van der Waals surface area (Å²) in [4.78, 5) is 7.04. The quantitative estimate of drug-likeness (QED) is 0.410. The van der Waals surface area contributed by atoms with E-state index in [2.05, 4.69) is 41.2 Å². The van der Waals surface area contributed by atoms with Gasteiger partial charge in [0.25, 0.3) is 0 Å². The number of likely N-dealkylation sites (tertiary alicyclic amines) is 1.